The third-order valence-electron chi connectivity index (χ3n) is 2.43. The van der Waals surface area contributed by atoms with Crippen molar-refractivity contribution >= 4 is 18.0 Å². The molecule has 0 amide bonds. The molecule has 1 aromatic rings. The van der Waals surface area contributed by atoms with Crippen molar-refractivity contribution in [2.75, 3.05) is 19.0 Å². The number of nitrogen functional groups attached to an aromatic ring is 1. The van der Waals surface area contributed by atoms with E-state index in [4.69, 9.17) is 18.1 Å². The first-order valence-electron chi connectivity index (χ1n) is 4.48. The Morgan fingerprint density at radius 2 is 2.43 bits per heavy atom. The molecule has 0 aliphatic carbocycles. The predicted molar refractivity (Wildman–Crippen MR) is 57.3 cm³/mol. The number of aromatic amines is 1. The zero-order valence-corrected chi connectivity index (χ0v) is 8.82. The van der Waals surface area contributed by atoms with Crippen molar-refractivity contribution in [3.05, 3.63) is 16.0 Å². The number of H-pyrrole nitrogens is 1. The van der Waals surface area contributed by atoms with Crippen LogP contribution in [-0.4, -0.2) is 28.5 Å². The molecule has 76 valence electrons. The summed E-state index contributed by atoms with van der Waals surface area (Å²) in [5, 5.41) is 0. The molecular weight excluding hydrogens is 198 g/mol. The fourth-order valence-corrected chi connectivity index (χ4v) is 1.91. The Labute approximate surface area is 87.3 Å². The van der Waals surface area contributed by atoms with Crippen molar-refractivity contribution in [2.24, 2.45) is 5.84 Å². The third-order valence-corrected chi connectivity index (χ3v) is 2.62. The van der Waals surface area contributed by atoms with E-state index in [9.17, 15) is 0 Å². The third kappa shape index (κ3) is 1.63. The number of nitrogens with zero attached hydrogens (tertiary/aromatic N) is 2. The molecule has 6 heteroatoms. The molecule has 1 aliphatic rings. The Balaban J connectivity index is 2.52. The van der Waals surface area contributed by atoms with Gasteiger partial charge < -0.3 is 15.3 Å². The second kappa shape index (κ2) is 3.64. The summed E-state index contributed by atoms with van der Waals surface area (Å²) < 4.78 is 0.487. The first-order valence-corrected chi connectivity index (χ1v) is 4.89. The summed E-state index contributed by atoms with van der Waals surface area (Å²) in [5.41, 5.74) is 4.86. The summed E-state index contributed by atoms with van der Waals surface area (Å²) in [4.78, 5) is 9.46. The molecule has 0 bridgehead atoms. The van der Waals surface area contributed by atoms with Crippen LogP contribution in [0.2, 0.25) is 0 Å². The summed E-state index contributed by atoms with van der Waals surface area (Å²) in [7, 11) is 2.07. The second-order valence-corrected chi connectivity index (χ2v) is 3.87. The largest absolute Gasteiger partial charge is 0.334 e. The van der Waals surface area contributed by atoms with Crippen molar-refractivity contribution in [1.29, 1.82) is 0 Å². The summed E-state index contributed by atoms with van der Waals surface area (Å²) in [5.74, 6) is 6.09. The van der Waals surface area contributed by atoms with Crippen LogP contribution in [0.15, 0.2) is 0 Å². The number of hydrazine groups is 1. The van der Waals surface area contributed by atoms with Gasteiger partial charge in [0.2, 0.25) is 0 Å². The topological polar surface area (TPSA) is 70.0 Å². The molecule has 0 fully saturated rings. The average Bonchev–Trinajstić information content (AvgIpc) is 2.17. The van der Waals surface area contributed by atoms with Gasteiger partial charge in [0.05, 0.1) is 0 Å². The van der Waals surface area contributed by atoms with Crippen LogP contribution in [0.5, 0.6) is 0 Å². The van der Waals surface area contributed by atoms with E-state index in [-0.39, 0.29) is 0 Å². The van der Waals surface area contributed by atoms with Crippen LogP contribution in [0.4, 0.5) is 5.82 Å². The van der Waals surface area contributed by atoms with Crippen LogP contribution >= 0.6 is 12.2 Å². The molecule has 1 aromatic heterocycles. The average molecular weight is 211 g/mol. The van der Waals surface area contributed by atoms with E-state index in [0.717, 1.165) is 30.8 Å². The molecule has 0 saturated carbocycles. The van der Waals surface area contributed by atoms with Crippen LogP contribution in [-0.2, 0) is 13.0 Å². The van der Waals surface area contributed by atoms with Crippen LogP contribution in [0.25, 0.3) is 0 Å². The maximum atomic E-state index is 5.40. The monoisotopic (exact) mass is 211 g/mol. The molecule has 0 radical (unpaired) electrons. The van der Waals surface area contributed by atoms with Gasteiger partial charge in [-0.05, 0) is 19.3 Å². The highest BCUT2D eigenvalue weighted by atomic mass is 32.1. The minimum Gasteiger partial charge on any atom is -0.334 e. The van der Waals surface area contributed by atoms with Crippen molar-refractivity contribution in [2.45, 2.75) is 13.0 Å². The smallest absolute Gasteiger partial charge is 0.199 e. The van der Waals surface area contributed by atoms with E-state index in [2.05, 4.69) is 27.3 Å². The summed E-state index contributed by atoms with van der Waals surface area (Å²) >= 11 is 5.00. The molecule has 0 aromatic carbocycles. The van der Waals surface area contributed by atoms with Crippen LogP contribution in [0.3, 0.4) is 0 Å². The van der Waals surface area contributed by atoms with Gasteiger partial charge in [0, 0.05) is 30.8 Å². The molecule has 0 unspecified atom stereocenters. The fourth-order valence-electron chi connectivity index (χ4n) is 1.70. The summed E-state index contributed by atoms with van der Waals surface area (Å²) in [6.45, 7) is 1.89. The van der Waals surface area contributed by atoms with Gasteiger partial charge >= 0.3 is 0 Å². The van der Waals surface area contributed by atoms with Gasteiger partial charge in [-0.2, -0.15) is 0 Å². The fraction of sp³-hybridized carbons (Fsp3) is 0.500. The van der Waals surface area contributed by atoms with Gasteiger partial charge in [-0.1, -0.05) is 0 Å². The number of likely N-dealkylation sites (N-methyl/N-ethyl adjacent to an activating group) is 1. The number of fused-ring (bicyclic) bond motifs is 1. The van der Waals surface area contributed by atoms with E-state index in [1.807, 2.05) is 0 Å². The normalized spacial score (nSPS) is 16.4. The number of aromatic nitrogens is 2. The molecule has 1 aliphatic heterocycles. The SMILES string of the molecule is CN1CCc2[nH]c(=S)nc(NN)c2C1. The number of nitrogens with one attached hydrogen (secondary N) is 2. The van der Waals surface area contributed by atoms with Gasteiger partial charge in [0.15, 0.2) is 4.77 Å². The van der Waals surface area contributed by atoms with E-state index >= 15 is 0 Å². The first-order chi connectivity index (χ1) is 6.70. The van der Waals surface area contributed by atoms with Crippen molar-refractivity contribution in [3.8, 4) is 0 Å². The number of hydrogen-bond donors (Lipinski definition) is 3. The molecule has 0 spiro atoms. The van der Waals surface area contributed by atoms with Gasteiger partial charge in [0.25, 0.3) is 0 Å². The van der Waals surface area contributed by atoms with Gasteiger partial charge in [-0.15, -0.1) is 0 Å². The Bertz CT molecular complexity index is 379. The number of hydrogen-bond acceptors (Lipinski definition) is 5. The van der Waals surface area contributed by atoms with Crippen LogP contribution < -0.4 is 11.3 Å². The van der Waals surface area contributed by atoms with E-state index in [0.29, 0.717) is 10.6 Å². The second-order valence-electron chi connectivity index (χ2n) is 3.48. The molecule has 14 heavy (non-hydrogen) atoms. The highest BCUT2D eigenvalue weighted by molar-refractivity contribution is 7.71. The molecule has 5 nitrogen and oxygen atoms in total. The zero-order valence-electron chi connectivity index (χ0n) is 8.00. The number of nitrogens with two attached hydrogens (primary N) is 1. The standard InChI is InChI=1S/C8H13N5S/c1-13-3-2-6-5(4-13)7(12-9)11-8(14)10-6/h2-4,9H2,1H3,(H2,10,11,12,14). The zero-order chi connectivity index (χ0) is 10.1. The Hall–Kier alpha value is -0.980. The Morgan fingerprint density at radius 3 is 3.14 bits per heavy atom. The van der Waals surface area contributed by atoms with Crippen molar-refractivity contribution in [3.63, 3.8) is 0 Å². The van der Waals surface area contributed by atoms with Gasteiger partial charge in [-0.3, -0.25) is 0 Å². The van der Waals surface area contributed by atoms with E-state index < -0.39 is 0 Å². The lowest BCUT2D eigenvalue weighted by atomic mass is 10.1. The van der Waals surface area contributed by atoms with Crippen molar-refractivity contribution in [1.82, 2.24) is 14.9 Å². The maximum Gasteiger partial charge on any atom is 0.199 e. The lowest BCUT2D eigenvalue weighted by Crippen LogP contribution is -2.29. The van der Waals surface area contributed by atoms with Crippen molar-refractivity contribution < 1.29 is 0 Å². The van der Waals surface area contributed by atoms with E-state index in [1.165, 1.54) is 0 Å². The lowest BCUT2D eigenvalue weighted by molar-refractivity contribution is 0.309. The molecule has 2 heterocycles. The van der Waals surface area contributed by atoms with Crippen LogP contribution in [0.1, 0.15) is 11.3 Å². The molecule has 4 N–H and O–H groups in total. The summed E-state index contributed by atoms with van der Waals surface area (Å²) in [6, 6.07) is 0. The van der Waals surface area contributed by atoms with Gasteiger partial charge in [0.1, 0.15) is 5.82 Å². The number of anilines is 1. The van der Waals surface area contributed by atoms with E-state index in [1.54, 1.807) is 0 Å². The molecule has 0 saturated heterocycles. The molecule has 0 atom stereocenters. The minimum atomic E-state index is 0.487. The quantitative estimate of drug-likeness (QED) is 0.356. The lowest BCUT2D eigenvalue weighted by Gasteiger charge is -2.25. The Morgan fingerprint density at radius 1 is 1.64 bits per heavy atom. The highest BCUT2D eigenvalue weighted by Crippen LogP contribution is 2.21. The number of rotatable bonds is 1. The Kier molecular flexibility index (Phi) is 2.49. The first kappa shape index (κ1) is 9.57. The highest BCUT2D eigenvalue weighted by Gasteiger charge is 2.17. The molecular formula is C8H13N5S. The van der Waals surface area contributed by atoms with Crippen LogP contribution in [0, 0.1) is 4.77 Å². The maximum absolute atomic E-state index is 5.40. The van der Waals surface area contributed by atoms with Gasteiger partial charge in [-0.25, -0.2) is 10.8 Å². The molecule has 2 rings (SSSR count). The minimum absolute atomic E-state index is 0.487. The predicted octanol–water partition coefficient (Wildman–Crippen LogP) is 0.413. The summed E-state index contributed by atoms with van der Waals surface area (Å²) in [6.07, 6.45) is 0.965.